The molecule has 0 bridgehead atoms. The first kappa shape index (κ1) is 16.2. The van der Waals surface area contributed by atoms with Crippen LogP contribution in [0.2, 0.25) is 0 Å². The Bertz CT molecular complexity index is 419. The van der Waals surface area contributed by atoms with E-state index in [1.807, 2.05) is 45.9 Å². The van der Waals surface area contributed by atoms with Gasteiger partial charge in [0.05, 0.1) is 0 Å². The van der Waals surface area contributed by atoms with Crippen molar-refractivity contribution in [3.63, 3.8) is 0 Å². The SMILES string of the molecule is CC.C\C=C(N)/C=C\C(=C/C)c1ccc(C)cc1. The van der Waals surface area contributed by atoms with Gasteiger partial charge in [-0.1, -0.05) is 61.9 Å². The van der Waals surface area contributed by atoms with E-state index >= 15 is 0 Å². The first-order chi connectivity index (χ1) is 8.67. The van der Waals surface area contributed by atoms with E-state index in [0.29, 0.717) is 0 Å². The quantitative estimate of drug-likeness (QED) is 0.755. The number of nitrogens with two attached hydrogens (primary N) is 1. The van der Waals surface area contributed by atoms with Gasteiger partial charge in [0, 0.05) is 5.70 Å². The molecule has 1 rings (SSSR count). The highest BCUT2D eigenvalue weighted by atomic mass is 14.5. The Morgan fingerprint density at radius 2 is 1.50 bits per heavy atom. The zero-order valence-electron chi connectivity index (χ0n) is 12.2. The number of benzene rings is 1. The maximum absolute atomic E-state index is 5.73. The Morgan fingerprint density at radius 3 is 1.94 bits per heavy atom. The summed E-state index contributed by atoms with van der Waals surface area (Å²) in [6, 6.07) is 8.49. The summed E-state index contributed by atoms with van der Waals surface area (Å²) in [5.74, 6) is 0. The van der Waals surface area contributed by atoms with Gasteiger partial charge in [-0.3, -0.25) is 0 Å². The van der Waals surface area contributed by atoms with Crippen molar-refractivity contribution in [3.05, 3.63) is 65.4 Å². The highest BCUT2D eigenvalue weighted by molar-refractivity contribution is 5.74. The second kappa shape index (κ2) is 9.29. The fraction of sp³-hybridized carbons (Fsp3) is 0.294. The van der Waals surface area contributed by atoms with Gasteiger partial charge in [0.15, 0.2) is 0 Å². The fourth-order valence-corrected chi connectivity index (χ4v) is 1.39. The molecule has 1 nitrogen and oxygen atoms in total. The van der Waals surface area contributed by atoms with Crippen LogP contribution < -0.4 is 5.73 Å². The summed E-state index contributed by atoms with van der Waals surface area (Å²) in [4.78, 5) is 0. The molecule has 0 saturated heterocycles. The largest absolute Gasteiger partial charge is 0.399 e. The monoisotopic (exact) mass is 243 g/mol. The normalized spacial score (nSPS) is 12.3. The molecule has 98 valence electrons. The van der Waals surface area contributed by atoms with Crippen LogP contribution in [0.15, 0.2) is 54.3 Å². The number of rotatable bonds is 3. The van der Waals surface area contributed by atoms with Crippen molar-refractivity contribution in [2.45, 2.75) is 34.6 Å². The van der Waals surface area contributed by atoms with Crippen molar-refractivity contribution in [1.82, 2.24) is 0 Å². The summed E-state index contributed by atoms with van der Waals surface area (Å²) >= 11 is 0. The Hall–Kier alpha value is -1.76. The molecule has 0 aliphatic rings. The molecule has 0 radical (unpaired) electrons. The van der Waals surface area contributed by atoms with Crippen LogP contribution in [0.25, 0.3) is 5.57 Å². The smallest absolute Gasteiger partial charge is 0.0270 e. The van der Waals surface area contributed by atoms with Crippen LogP contribution in [-0.2, 0) is 0 Å². The molecule has 0 saturated carbocycles. The number of hydrogen-bond donors (Lipinski definition) is 1. The standard InChI is InChI=1S/C15H19N.C2H6/c1-4-13(10-11-15(16)5-2)14-8-6-12(3)7-9-14;1-2/h4-11H,16H2,1-3H3;1-2H3/b11-10-,13-4+,15-5+;. The molecule has 18 heavy (non-hydrogen) atoms. The Labute approximate surface area is 112 Å². The van der Waals surface area contributed by atoms with E-state index in [1.165, 1.54) is 16.7 Å². The number of allylic oxidation sites excluding steroid dienone is 5. The third-order valence-corrected chi connectivity index (χ3v) is 2.48. The minimum absolute atomic E-state index is 0.784. The van der Waals surface area contributed by atoms with E-state index in [-0.39, 0.29) is 0 Å². The second-order valence-electron chi connectivity index (χ2n) is 3.73. The second-order valence-corrected chi connectivity index (χ2v) is 3.73. The van der Waals surface area contributed by atoms with Gasteiger partial charge in [0.25, 0.3) is 0 Å². The molecule has 1 aromatic carbocycles. The summed E-state index contributed by atoms with van der Waals surface area (Å²) < 4.78 is 0. The molecule has 0 amide bonds. The zero-order valence-corrected chi connectivity index (χ0v) is 12.2. The van der Waals surface area contributed by atoms with Gasteiger partial charge >= 0.3 is 0 Å². The van der Waals surface area contributed by atoms with Crippen molar-refractivity contribution in [1.29, 1.82) is 0 Å². The van der Waals surface area contributed by atoms with Gasteiger partial charge in [-0.15, -0.1) is 0 Å². The Kier molecular flexibility index (Phi) is 8.38. The lowest BCUT2D eigenvalue weighted by Gasteiger charge is -2.02. The van der Waals surface area contributed by atoms with E-state index < -0.39 is 0 Å². The molecular weight excluding hydrogens is 218 g/mol. The van der Waals surface area contributed by atoms with E-state index in [2.05, 4.69) is 37.3 Å². The number of aryl methyl sites for hydroxylation is 1. The van der Waals surface area contributed by atoms with Crippen molar-refractivity contribution < 1.29 is 0 Å². The van der Waals surface area contributed by atoms with E-state index in [1.54, 1.807) is 0 Å². The fourth-order valence-electron chi connectivity index (χ4n) is 1.39. The highest BCUT2D eigenvalue weighted by Gasteiger charge is 1.95. The lowest BCUT2D eigenvalue weighted by atomic mass is 10.0. The first-order valence-electron chi connectivity index (χ1n) is 6.50. The third kappa shape index (κ3) is 5.53. The van der Waals surface area contributed by atoms with Crippen LogP contribution in [0.5, 0.6) is 0 Å². The molecule has 1 heteroatoms. The summed E-state index contributed by atoms with van der Waals surface area (Å²) in [7, 11) is 0. The molecule has 0 heterocycles. The average Bonchev–Trinajstić information content (AvgIpc) is 2.43. The van der Waals surface area contributed by atoms with Crippen LogP contribution in [0, 0.1) is 6.92 Å². The van der Waals surface area contributed by atoms with Crippen molar-refractivity contribution >= 4 is 5.57 Å². The molecule has 0 spiro atoms. The predicted molar refractivity (Wildman–Crippen MR) is 83.3 cm³/mol. The van der Waals surface area contributed by atoms with Gasteiger partial charge in [-0.05, 0) is 38.0 Å². The minimum Gasteiger partial charge on any atom is -0.399 e. The van der Waals surface area contributed by atoms with E-state index in [0.717, 1.165) is 5.70 Å². The Morgan fingerprint density at radius 1 is 0.944 bits per heavy atom. The highest BCUT2D eigenvalue weighted by Crippen LogP contribution is 2.16. The molecule has 0 fully saturated rings. The summed E-state index contributed by atoms with van der Waals surface area (Å²) in [6.45, 7) is 10.1. The predicted octanol–water partition coefficient (Wildman–Crippen LogP) is 4.84. The van der Waals surface area contributed by atoms with Gasteiger partial charge < -0.3 is 5.73 Å². The van der Waals surface area contributed by atoms with Crippen LogP contribution >= 0.6 is 0 Å². The summed E-state index contributed by atoms with van der Waals surface area (Å²) in [5.41, 5.74) is 10.2. The van der Waals surface area contributed by atoms with Gasteiger partial charge in [0.1, 0.15) is 0 Å². The molecule has 0 atom stereocenters. The van der Waals surface area contributed by atoms with Crippen molar-refractivity contribution in [3.8, 4) is 0 Å². The summed E-state index contributed by atoms with van der Waals surface area (Å²) in [6.07, 6.45) is 7.94. The van der Waals surface area contributed by atoms with Crippen molar-refractivity contribution in [2.24, 2.45) is 5.73 Å². The maximum Gasteiger partial charge on any atom is 0.0270 e. The molecule has 0 aliphatic heterocycles. The first-order valence-corrected chi connectivity index (χ1v) is 6.50. The lowest BCUT2D eigenvalue weighted by Crippen LogP contribution is -1.91. The van der Waals surface area contributed by atoms with E-state index in [4.69, 9.17) is 5.73 Å². The molecule has 1 aromatic rings. The summed E-state index contributed by atoms with van der Waals surface area (Å²) in [5, 5.41) is 0. The van der Waals surface area contributed by atoms with E-state index in [9.17, 15) is 0 Å². The average molecular weight is 243 g/mol. The van der Waals surface area contributed by atoms with Crippen LogP contribution in [0.1, 0.15) is 38.8 Å². The lowest BCUT2D eigenvalue weighted by molar-refractivity contribution is 1.39. The third-order valence-electron chi connectivity index (χ3n) is 2.48. The van der Waals surface area contributed by atoms with Crippen LogP contribution in [0.3, 0.4) is 0 Å². The van der Waals surface area contributed by atoms with Gasteiger partial charge in [-0.2, -0.15) is 0 Å². The molecule has 0 aliphatic carbocycles. The number of hydrogen-bond acceptors (Lipinski definition) is 1. The maximum atomic E-state index is 5.73. The molecule has 2 N–H and O–H groups in total. The van der Waals surface area contributed by atoms with Crippen LogP contribution in [-0.4, -0.2) is 0 Å². The van der Waals surface area contributed by atoms with Crippen molar-refractivity contribution in [2.75, 3.05) is 0 Å². The minimum atomic E-state index is 0.784. The van der Waals surface area contributed by atoms with Gasteiger partial charge in [-0.25, -0.2) is 0 Å². The molecular formula is C17H25N. The molecule has 0 aromatic heterocycles. The van der Waals surface area contributed by atoms with Gasteiger partial charge in [0.2, 0.25) is 0 Å². The molecule has 0 unspecified atom stereocenters. The topological polar surface area (TPSA) is 26.0 Å². The zero-order chi connectivity index (χ0) is 14.0. The Balaban J connectivity index is 0.00000137. The van der Waals surface area contributed by atoms with Crippen LogP contribution in [0.4, 0.5) is 0 Å².